The molecule has 2 heterocycles. The number of likely N-dealkylation sites (tertiary alicyclic amines) is 1. The summed E-state index contributed by atoms with van der Waals surface area (Å²) in [5.74, 6) is 3.37. The Bertz CT molecular complexity index is 1180. The third kappa shape index (κ3) is 4.14. The molecule has 5 N–H and O–H groups in total. The maximum absolute atomic E-state index is 12.0. The number of nitrogens with two attached hydrogens (primary N) is 2. The first-order valence-electron chi connectivity index (χ1n) is 10.3. The van der Waals surface area contributed by atoms with Crippen LogP contribution in [-0.2, 0) is 4.79 Å². The molecular weight excluding hydrogens is 404 g/mol. The molecule has 0 spiro atoms. The van der Waals surface area contributed by atoms with Crippen molar-refractivity contribution in [2.75, 3.05) is 18.8 Å². The van der Waals surface area contributed by atoms with Crippen molar-refractivity contribution in [2.24, 2.45) is 5.73 Å². The van der Waals surface area contributed by atoms with E-state index in [4.69, 9.17) is 33.1 Å². The molecule has 0 bridgehead atoms. The van der Waals surface area contributed by atoms with Gasteiger partial charge in [0.05, 0.1) is 11.6 Å². The fourth-order valence-corrected chi connectivity index (χ4v) is 3.93. The van der Waals surface area contributed by atoms with Crippen molar-refractivity contribution < 1.29 is 9.53 Å². The van der Waals surface area contributed by atoms with Gasteiger partial charge in [0.1, 0.15) is 28.8 Å². The fraction of sp³-hybridized carbons (Fsp3) is 0.208. The van der Waals surface area contributed by atoms with Crippen LogP contribution in [0.4, 0.5) is 5.82 Å². The van der Waals surface area contributed by atoms with Crippen molar-refractivity contribution in [1.29, 1.82) is 5.41 Å². The number of terminal acetylenes is 1. The van der Waals surface area contributed by atoms with Crippen LogP contribution in [0.5, 0.6) is 11.5 Å². The number of amidine groups is 1. The molecule has 0 saturated carbocycles. The van der Waals surface area contributed by atoms with E-state index >= 15 is 0 Å². The summed E-state index contributed by atoms with van der Waals surface area (Å²) in [5, 5.41) is 12.7. The highest BCUT2D eigenvalue weighted by Crippen LogP contribution is 2.33. The van der Waals surface area contributed by atoms with Crippen molar-refractivity contribution in [3.05, 3.63) is 60.2 Å². The van der Waals surface area contributed by atoms with E-state index in [1.54, 1.807) is 9.58 Å². The first kappa shape index (κ1) is 21.0. The molecule has 1 saturated heterocycles. The van der Waals surface area contributed by atoms with E-state index in [0.717, 1.165) is 24.2 Å². The Morgan fingerprint density at radius 1 is 1.16 bits per heavy atom. The van der Waals surface area contributed by atoms with Gasteiger partial charge in [-0.3, -0.25) is 10.2 Å². The summed E-state index contributed by atoms with van der Waals surface area (Å²) < 4.78 is 7.51. The molecule has 3 aromatic rings. The summed E-state index contributed by atoms with van der Waals surface area (Å²) in [7, 11) is 0. The van der Waals surface area contributed by atoms with Gasteiger partial charge in [0.25, 0.3) is 5.91 Å². The number of benzene rings is 2. The maximum Gasteiger partial charge on any atom is 0.298 e. The van der Waals surface area contributed by atoms with E-state index in [9.17, 15) is 4.79 Å². The summed E-state index contributed by atoms with van der Waals surface area (Å²) in [6.07, 6.45) is 6.86. The second kappa shape index (κ2) is 8.86. The van der Waals surface area contributed by atoms with Crippen LogP contribution in [0.25, 0.3) is 11.3 Å². The number of hydrogen-bond acceptors (Lipinski definition) is 5. The minimum Gasteiger partial charge on any atom is -0.457 e. The SMILES string of the molecule is C#CC(=O)N1CCCC(n2nc(-c3ccc(Oc4ccccc4)cc3)c(C(=N)N)c2N)C1. The summed E-state index contributed by atoms with van der Waals surface area (Å²) in [6, 6.07) is 16.7. The van der Waals surface area contributed by atoms with Gasteiger partial charge in [-0.2, -0.15) is 5.10 Å². The number of piperidine rings is 1. The van der Waals surface area contributed by atoms with Gasteiger partial charge in [-0.25, -0.2) is 4.68 Å². The zero-order valence-electron chi connectivity index (χ0n) is 17.5. The van der Waals surface area contributed by atoms with Gasteiger partial charge in [-0.05, 0) is 55.2 Å². The number of amides is 1. The van der Waals surface area contributed by atoms with E-state index in [0.29, 0.717) is 35.9 Å². The predicted molar refractivity (Wildman–Crippen MR) is 123 cm³/mol. The van der Waals surface area contributed by atoms with Gasteiger partial charge in [-0.1, -0.05) is 18.2 Å². The van der Waals surface area contributed by atoms with Gasteiger partial charge >= 0.3 is 0 Å². The summed E-state index contributed by atoms with van der Waals surface area (Å²) in [4.78, 5) is 13.6. The van der Waals surface area contributed by atoms with Crippen LogP contribution in [0.2, 0.25) is 0 Å². The molecule has 1 fully saturated rings. The fourth-order valence-electron chi connectivity index (χ4n) is 3.93. The number of nitrogens with one attached hydrogen (secondary N) is 1. The largest absolute Gasteiger partial charge is 0.457 e. The third-order valence-corrected chi connectivity index (χ3v) is 5.48. The van der Waals surface area contributed by atoms with Gasteiger partial charge in [-0.15, -0.1) is 6.42 Å². The van der Waals surface area contributed by atoms with E-state index in [1.807, 2.05) is 54.6 Å². The lowest BCUT2D eigenvalue weighted by molar-refractivity contribution is -0.126. The number of nitrogen functional groups attached to an aromatic ring is 2. The highest BCUT2D eigenvalue weighted by molar-refractivity contribution is 6.04. The lowest BCUT2D eigenvalue weighted by atomic mass is 10.1. The van der Waals surface area contributed by atoms with Crippen LogP contribution in [0.3, 0.4) is 0 Å². The van der Waals surface area contributed by atoms with Gasteiger partial charge < -0.3 is 21.1 Å². The molecule has 162 valence electrons. The van der Waals surface area contributed by atoms with Gasteiger partial charge in [0.15, 0.2) is 0 Å². The minimum atomic E-state index is -0.346. The maximum atomic E-state index is 12.0. The van der Waals surface area contributed by atoms with Crippen LogP contribution in [-0.4, -0.2) is 39.5 Å². The summed E-state index contributed by atoms with van der Waals surface area (Å²) >= 11 is 0. The topological polar surface area (TPSA) is 123 Å². The number of carbonyl (C=O) groups is 1. The molecule has 1 unspecified atom stereocenters. The zero-order chi connectivity index (χ0) is 22.7. The molecule has 8 heteroatoms. The average molecular weight is 428 g/mol. The Kier molecular flexibility index (Phi) is 5.81. The second-order valence-electron chi connectivity index (χ2n) is 7.60. The van der Waals surface area contributed by atoms with Crippen molar-refractivity contribution in [3.8, 4) is 35.1 Å². The molecule has 0 radical (unpaired) electrons. The molecule has 1 aromatic heterocycles. The van der Waals surface area contributed by atoms with E-state index in [1.165, 1.54) is 0 Å². The molecule has 1 amide bonds. The quantitative estimate of drug-likeness (QED) is 0.327. The first-order valence-corrected chi connectivity index (χ1v) is 10.3. The number of rotatable bonds is 5. The first-order chi connectivity index (χ1) is 15.5. The molecule has 32 heavy (non-hydrogen) atoms. The van der Waals surface area contributed by atoms with Crippen molar-refractivity contribution in [1.82, 2.24) is 14.7 Å². The Morgan fingerprint density at radius 2 is 1.84 bits per heavy atom. The molecule has 1 aliphatic rings. The Morgan fingerprint density at radius 3 is 2.50 bits per heavy atom. The second-order valence-corrected chi connectivity index (χ2v) is 7.60. The van der Waals surface area contributed by atoms with Crippen LogP contribution in [0.15, 0.2) is 54.6 Å². The highest BCUT2D eigenvalue weighted by atomic mass is 16.5. The molecular formula is C24H24N6O2. The number of aromatic nitrogens is 2. The predicted octanol–water partition coefficient (Wildman–Crippen LogP) is 3.01. The lowest BCUT2D eigenvalue weighted by Crippen LogP contribution is -2.40. The minimum absolute atomic E-state index is 0.145. The van der Waals surface area contributed by atoms with Crippen LogP contribution in [0.1, 0.15) is 24.4 Å². The molecule has 0 aliphatic carbocycles. The normalized spacial score (nSPS) is 15.7. The Balaban J connectivity index is 1.64. The number of hydrogen-bond donors (Lipinski definition) is 3. The summed E-state index contributed by atoms with van der Waals surface area (Å²) in [6.45, 7) is 1.02. The van der Waals surface area contributed by atoms with Gasteiger partial charge in [0.2, 0.25) is 0 Å². The number of ether oxygens (including phenoxy) is 1. The van der Waals surface area contributed by atoms with E-state index in [2.05, 4.69) is 5.92 Å². The van der Waals surface area contributed by atoms with Crippen LogP contribution in [0, 0.1) is 17.8 Å². The average Bonchev–Trinajstić information content (AvgIpc) is 3.17. The Labute approximate surface area is 186 Å². The molecule has 8 nitrogen and oxygen atoms in total. The third-order valence-electron chi connectivity index (χ3n) is 5.48. The summed E-state index contributed by atoms with van der Waals surface area (Å²) in [5.41, 5.74) is 13.9. The van der Waals surface area contributed by atoms with Crippen LogP contribution < -0.4 is 16.2 Å². The number of anilines is 1. The molecule has 2 aromatic carbocycles. The van der Waals surface area contributed by atoms with Gasteiger partial charge in [0, 0.05) is 18.7 Å². The number of carbonyl (C=O) groups excluding carboxylic acids is 1. The van der Waals surface area contributed by atoms with Crippen molar-refractivity contribution in [3.63, 3.8) is 0 Å². The van der Waals surface area contributed by atoms with Crippen LogP contribution >= 0.6 is 0 Å². The van der Waals surface area contributed by atoms with Crippen molar-refractivity contribution in [2.45, 2.75) is 18.9 Å². The lowest BCUT2D eigenvalue weighted by Gasteiger charge is -2.32. The zero-order valence-corrected chi connectivity index (χ0v) is 17.5. The number of nitrogens with zero attached hydrogens (tertiary/aromatic N) is 3. The smallest absolute Gasteiger partial charge is 0.298 e. The molecule has 1 atom stereocenters. The molecule has 4 rings (SSSR count). The molecule has 1 aliphatic heterocycles. The van der Waals surface area contributed by atoms with E-state index in [-0.39, 0.29) is 17.8 Å². The van der Waals surface area contributed by atoms with E-state index < -0.39 is 0 Å². The van der Waals surface area contributed by atoms with Crippen molar-refractivity contribution >= 4 is 17.6 Å². The number of para-hydroxylation sites is 1. The monoisotopic (exact) mass is 428 g/mol. The Hall–Kier alpha value is -4.25. The highest BCUT2D eigenvalue weighted by Gasteiger charge is 2.29. The standard InChI is InChI=1S/C24H24N6O2/c1-2-20(31)29-14-6-7-17(15-29)30-24(27)21(23(25)26)22(28-30)16-10-12-19(13-11-16)32-18-8-4-3-5-9-18/h1,3-5,8-13,17H,6-7,14-15,27H2,(H3,25,26).